The molecule has 4 saturated carbocycles. The third-order valence-electron chi connectivity index (χ3n) is 9.22. The van der Waals surface area contributed by atoms with Crippen LogP contribution in [0.15, 0.2) is 0 Å². The SMILES string of the molecule is CC(O)[C@H]1CCC2C3CCC4C[C@@H](O)CC[C@]4(C)C3[C@@H](O)C[C@@]21C. The Kier molecular flexibility index (Phi) is 4.10. The molecule has 0 aromatic carbocycles. The summed E-state index contributed by atoms with van der Waals surface area (Å²) in [5.74, 6) is 2.59. The highest BCUT2D eigenvalue weighted by atomic mass is 16.3. The molecule has 138 valence electrons. The minimum absolute atomic E-state index is 0.103. The van der Waals surface area contributed by atoms with E-state index in [0.717, 1.165) is 32.1 Å². The van der Waals surface area contributed by atoms with Crippen molar-refractivity contribution in [2.45, 2.75) is 90.4 Å². The average molecular weight is 337 g/mol. The third kappa shape index (κ3) is 2.27. The zero-order chi connectivity index (χ0) is 17.3. The molecule has 4 fully saturated rings. The second-order valence-electron chi connectivity index (χ2n) is 10.2. The summed E-state index contributed by atoms with van der Waals surface area (Å²) in [5, 5.41) is 31.7. The van der Waals surface area contributed by atoms with Gasteiger partial charge in [0.25, 0.3) is 0 Å². The molecule has 0 aromatic rings. The van der Waals surface area contributed by atoms with E-state index in [1.165, 1.54) is 19.3 Å². The van der Waals surface area contributed by atoms with Gasteiger partial charge in [0.2, 0.25) is 0 Å². The van der Waals surface area contributed by atoms with Crippen LogP contribution in [0, 0.1) is 40.4 Å². The van der Waals surface area contributed by atoms with Crippen LogP contribution in [0.4, 0.5) is 0 Å². The summed E-state index contributed by atoms with van der Waals surface area (Å²) in [6.07, 6.45) is 7.91. The Morgan fingerprint density at radius 2 is 1.71 bits per heavy atom. The number of rotatable bonds is 1. The number of aliphatic hydroxyl groups is 3. The number of fused-ring (bicyclic) bond motifs is 5. The van der Waals surface area contributed by atoms with E-state index in [-0.39, 0.29) is 29.1 Å². The number of hydrogen-bond donors (Lipinski definition) is 3. The fourth-order valence-electron chi connectivity index (χ4n) is 8.19. The standard InChI is InChI=1S/C21H36O3/c1-12(22)16-6-7-17-15-5-4-13-10-14(23)8-9-20(13,2)19(15)18(24)11-21(16,17)3/h12-19,22-24H,4-11H2,1-3H3/t12?,13?,14-,15?,16+,17?,18-,19?,20-,21+/m0/s1. The molecule has 4 aliphatic carbocycles. The van der Waals surface area contributed by atoms with Gasteiger partial charge in [-0.3, -0.25) is 0 Å². The zero-order valence-corrected chi connectivity index (χ0v) is 15.6. The average Bonchev–Trinajstić information content (AvgIpc) is 2.84. The second-order valence-corrected chi connectivity index (χ2v) is 10.2. The molecule has 0 bridgehead atoms. The van der Waals surface area contributed by atoms with Crippen LogP contribution in [0.5, 0.6) is 0 Å². The van der Waals surface area contributed by atoms with Gasteiger partial charge >= 0.3 is 0 Å². The van der Waals surface area contributed by atoms with Crippen molar-refractivity contribution in [1.82, 2.24) is 0 Å². The molecule has 0 aliphatic heterocycles. The van der Waals surface area contributed by atoms with Crippen molar-refractivity contribution in [2.75, 3.05) is 0 Å². The quantitative estimate of drug-likeness (QED) is 0.688. The molecule has 0 aromatic heterocycles. The molecule has 4 rings (SSSR count). The third-order valence-corrected chi connectivity index (χ3v) is 9.22. The Bertz CT molecular complexity index is 491. The minimum atomic E-state index is -0.263. The van der Waals surface area contributed by atoms with Crippen molar-refractivity contribution in [3.8, 4) is 0 Å². The van der Waals surface area contributed by atoms with E-state index in [1.54, 1.807) is 0 Å². The first-order chi connectivity index (χ1) is 11.3. The van der Waals surface area contributed by atoms with Crippen LogP contribution in [0.2, 0.25) is 0 Å². The monoisotopic (exact) mass is 336 g/mol. The molecule has 10 atom stereocenters. The van der Waals surface area contributed by atoms with Gasteiger partial charge in [0, 0.05) is 0 Å². The lowest BCUT2D eigenvalue weighted by Crippen LogP contribution is -2.59. The minimum Gasteiger partial charge on any atom is -0.393 e. The molecule has 5 unspecified atom stereocenters. The molecule has 24 heavy (non-hydrogen) atoms. The summed E-state index contributed by atoms with van der Waals surface area (Å²) in [6.45, 7) is 6.70. The highest BCUT2D eigenvalue weighted by Crippen LogP contribution is 2.67. The molecular formula is C21H36O3. The smallest absolute Gasteiger partial charge is 0.0581 e. The maximum absolute atomic E-state index is 11.2. The molecule has 3 nitrogen and oxygen atoms in total. The van der Waals surface area contributed by atoms with Crippen molar-refractivity contribution in [3.05, 3.63) is 0 Å². The van der Waals surface area contributed by atoms with E-state index < -0.39 is 0 Å². The summed E-state index contributed by atoms with van der Waals surface area (Å²) in [5.41, 5.74) is 0.304. The van der Waals surface area contributed by atoms with E-state index >= 15 is 0 Å². The number of hydrogen-bond acceptors (Lipinski definition) is 3. The molecule has 3 N–H and O–H groups in total. The Morgan fingerprint density at radius 1 is 0.958 bits per heavy atom. The molecule has 0 amide bonds. The van der Waals surface area contributed by atoms with Crippen molar-refractivity contribution in [2.24, 2.45) is 40.4 Å². The predicted molar refractivity (Wildman–Crippen MR) is 94.3 cm³/mol. The lowest BCUT2D eigenvalue weighted by atomic mass is 9.44. The molecular weight excluding hydrogens is 300 g/mol. The predicted octanol–water partition coefficient (Wildman–Crippen LogP) is 3.36. The van der Waals surface area contributed by atoms with Gasteiger partial charge in [-0.05, 0) is 98.7 Å². The van der Waals surface area contributed by atoms with Gasteiger partial charge in [-0.1, -0.05) is 13.8 Å². The van der Waals surface area contributed by atoms with E-state index in [2.05, 4.69) is 13.8 Å². The van der Waals surface area contributed by atoms with Crippen molar-refractivity contribution >= 4 is 0 Å². The first-order valence-electron chi connectivity index (χ1n) is 10.3. The van der Waals surface area contributed by atoms with Crippen LogP contribution >= 0.6 is 0 Å². The molecule has 0 saturated heterocycles. The van der Waals surface area contributed by atoms with E-state index in [1.807, 2.05) is 6.92 Å². The molecule has 0 radical (unpaired) electrons. The molecule has 0 heterocycles. The Labute approximate surface area is 146 Å². The molecule has 4 aliphatic rings. The fourth-order valence-corrected chi connectivity index (χ4v) is 8.19. The van der Waals surface area contributed by atoms with Crippen LogP contribution in [0.3, 0.4) is 0 Å². The maximum Gasteiger partial charge on any atom is 0.0581 e. The lowest BCUT2D eigenvalue weighted by Gasteiger charge is -2.62. The van der Waals surface area contributed by atoms with E-state index in [4.69, 9.17) is 0 Å². The summed E-state index contributed by atoms with van der Waals surface area (Å²) in [4.78, 5) is 0. The van der Waals surface area contributed by atoms with Gasteiger partial charge < -0.3 is 15.3 Å². The lowest BCUT2D eigenvalue weighted by molar-refractivity contribution is -0.181. The second kappa shape index (κ2) is 5.69. The maximum atomic E-state index is 11.2. The van der Waals surface area contributed by atoms with Gasteiger partial charge in [-0.25, -0.2) is 0 Å². The van der Waals surface area contributed by atoms with Crippen molar-refractivity contribution in [3.63, 3.8) is 0 Å². The van der Waals surface area contributed by atoms with Gasteiger partial charge in [0.1, 0.15) is 0 Å². The van der Waals surface area contributed by atoms with Gasteiger partial charge in [0.05, 0.1) is 18.3 Å². The van der Waals surface area contributed by atoms with Crippen molar-refractivity contribution < 1.29 is 15.3 Å². The zero-order valence-electron chi connectivity index (χ0n) is 15.6. The highest BCUT2D eigenvalue weighted by molar-refractivity contribution is 5.12. The summed E-state index contributed by atoms with van der Waals surface area (Å²) < 4.78 is 0. The van der Waals surface area contributed by atoms with Crippen LogP contribution in [0.25, 0.3) is 0 Å². The largest absolute Gasteiger partial charge is 0.393 e. The van der Waals surface area contributed by atoms with E-state index in [0.29, 0.717) is 29.6 Å². The van der Waals surface area contributed by atoms with Gasteiger partial charge in [-0.15, -0.1) is 0 Å². The van der Waals surface area contributed by atoms with Crippen LogP contribution in [0.1, 0.15) is 72.1 Å². The fraction of sp³-hybridized carbons (Fsp3) is 1.00. The van der Waals surface area contributed by atoms with E-state index in [9.17, 15) is 15.3 Å². The molecule has 3 heteroatoms. The highest BCUT2D eigenvalue weighted by Gasteiger charge is 2.63. The van der Waals surface area contributed by atoms with Crippen molar-refractivity contribution in [1.29, 1.82) is 0 Å². The Morgan fingerprint density at radius 3 is 2.42 bits per heavy atom. The summed E-state index contributed by atoms with van der Waals surface area (Å²) in [6, 6.07) is 0. The van der Waals surface area contributed by atoms with Crippen LogP contribution in [-0.4, -0.2) is 33.6 Å². The first kappa shape index (κ1) is 17.3. The van der Waals surface area contributed by atoms with Crippen LogP contribution < -0.4 is 0 Å². The van der Waals surface area contributed by atoms with Gasteiger partial charge in [0.15, 0.2) is 0 Å². The summed E-state index contributed by atoms with van der Waals surface area (Å²) >= 11 is 0. The topological polar surface area (TPSA) is 60.7 Å². The Balaban J connectivity index is 1.66. The Hall–Kier alpha value is -0.120. The first-order valence-corrected chi connectivity index (χ1v) is 10.3. The normalized spacial score (nSPS) is 58.5. The molecule has 0 spiro atoms. The summed E-state index contributed by atoms with van der Waals surface area (Å²) in [7, 11) is 0. The number of aliphatic hydroxyl groups excluding tert-OH is 3. The van der Waals surface area contributed by atoms with Crippen LogP contribution in [-0.2, 0) is 0 Å². The van der Waals surface area contributed by atoms with Gasteiger partial charge in [-0.2, -0.15) is 0 Å².